The predicted octanol–water partition coefficient (Wildman–Crippen LogP) is 4.29. The highest BCUT2D eigenvalue weighted by molar-refractivity contribution is 6.07. The maximum Gasteiger partial charge on any atom is 0.387 e. The van der Waals surface area contributed by atoms with Crippen molar-refractivity contribution in [3.05, 3.63) is 82.2 Å². The van der Waals surface area contributed by atoms with Gasteiger partial charge in [-0.3, -0.25) is 4.79 Å². The van der Waals surface area contributed by atoms with Gasteiger partial charge < -0.3 is 9.15 Å². The molecule has 0 fully saturated rings. The van der Waals surface area contributed by atoms with Gasteiger partial charge in [0.1, 0.15) is 16.9 Å². The number of hydrogen-bond donors (Lipinski definition) is 0. The highest BCUT2D eigenvalue weighted by atomic mass is 19.3. The number of ketones is 1. The number of hydrogen-bond acceptors (Lipinski definition) is 4. The molecule has 0 amide bonds. The summed E-state index contributed by atoms with van der Waals surface area (Å²) in [6, 6.07) is 14.1. The summed E-state index contributed by atoms with van der Waals surface area (Å²) in [5.74, 6) is -0.485. The summed E-state index contributed by atoms with van der Waals surface area (Å²) < 4.78 is 33.5. The van der Waals surface area contributed by atoms with Gasteiger partial charge in [-0.2, -0.15) is 8.78 Å². The summed E-state index contributed by atoms with van der Waals surface area (Å²) in [6.45, 7) is -2.89. The minimum Gasteiger partial charge on any atom is -0.435 e. The molecule has 25 heavy (non-hydrogen) atoms. The second kappa shape index (κ2) is 7.09. The van der Waals surface area contributed by atoms with Gasteiger partial charge in [0, 0.05) is 5.39 Å². The molecule has 3 rings (SSSR count). The Morgan fingerprint density at radius 3 is 2.52 bits per heavy atom. The summed E-state index contributed by atoms with van der Waals surface area (Å²) >= 11 is 0. The summed E-state index contributed by atoms with van der Waals surface area (Å²) in [5.41, 5.74) is 0.212. The van der Waals surface area contributed by atoms with Gasteiger partial charge in [-0.15, -0.1) is 0 Å². The number of rotatable bonds is 5. The number of benzene rings is 2. The van der Waals surface area contributed by atoms with Crippen LogP contribution in [0.2, 0.25) is 0 Å². The fourth-order valence-electron chi connectivity index (χ4n) is 2.26. The van der Waals surface area contributed by atoms with E-state index < -0.39 is 18.0 Å². The molecule has 1 aromatic heterocycles. The van der Waals surface area contributed by atoms with Gasteiger partial charge in [-0.1, -0.05) is 36.4 Å². The first-order valence-electron chi connectivity index (χ1n) is 7.33. The largest absolute Gasteiger partial charge is 0.435 e. The first-order chi connectivity index (χ1) is 12.0. The molecular formula is C19H12F2O4. The van der Waals surface area contributed by atoms with Crippen molar-refractivity contribution in [1.29, 1.82) is 0 Å². The van der Waals surface area contributed by atoms with E-state index in [4.69, 9.17) is 4.42 Å². The van der Waals surface area contributed by atoms with Gasteiger partial charge in [-0.05, 0) is 35.9 Å². The fraction of sp³-hybridized carbons (Fsp3) is 0.0526. The van der Waals surface area contributed by atoms with Crippen LogP contribution < -0.4 is 10.4 Å². The van der Waals surface area contributed by atoms with Crippen molar-refractivity contribution in [2.24, 2.45) is 0 Å². The quantitative estimate of drug-likeness (QED) is 0.394. The van der Waals surface area contributed by atoms with E-state index in [0.29, 0.717) is 16.5 Å². The van der Waals surface area contributed by atoms with Crippen LogP contribution in [0.5, 0.6) is 5.75 Å². The van der Waals surface area contributed by atoms with E-state index in [1.165, 1.54) is 42.5 Å². The Balaban J connectivity index is 1.81. The van der Waals surface area contributed by atoms with E-state index in [-0.39, 0.29) is 11.3 Å². The average Bonchev–Trinajstić information content (AvgIpc) is 2.60. The first kappa shape index (κ1) is 16.6. The number of fused-ring (bicyclic) bond motifs is 1. The predicted molar refractivity (Wildman–Crippen MR) is 88.9 cm³/mol. The molecule has 0 bridgehead atoms. The molecule has 6 heteroatoms. The third-order valence-corrected chi connectivity index (χ3v) is 3.44. The lowest BCUT2D eigenvalue weighted by Gasteiger charge is -2.03. The Kier molecular flexibility index (Phi) is 4.70. The zero-order valence-corrected chi connectivity index (χ0v) is 12.8. The third-order valence-electron chi connectivity index (χ3n) is 3.44. The minimum atomic E-state index is -2.89. The SMILES string of the molecule is O=C(/C=C/c1ccc(OC(F)F)cc1)c1cc2ccccc2oc1=O. The molecule has 3 aromatic rings. The van der Waals surface area contributed by atoms with Gasteiger partial charge >= 0.3 is 12.2 Å². The monoisotopic (exact) mass is 342 g/mol. The van der Waals surface area contributed by atoms with E-state index in [0.717, 1.165) is 0 Å². The Bertz CT molecular complexity index is 988. The molecule has 1 heterocycles. The lowest BCUT2D eigenvalue weighted by Crippen LogP contribution is -2.11. The van der Waals surface area contributed by atoms with Crippen molar-refractivity contribution < 1.29 is 22.7 Å². The zero-order chi connectivity index (χ0) is 17.8. The van der Waals surface area contributed by atoms with Gasteiger partial charge in [0.05, 0.1) is 0 Å². The summed E-state index contributed by atoms with van der Waals surface area (Å²) in [5, 5.41) is 0.646. The van der Waals surface area contributed by atoms with Gasteiger partial charge in [0.2, 0.25) is 0 Å². The lowest BCUT2D eigenvalue weighted by atomic mass is 10.1. The maximum absolute atomic E-state index is 12.2. The molecule has 0 aliphatic carbocycles. The van der Waals surface area contributed by atoms with Gasteiger partial charge in [-0.25, -0.2) is 4.79 Å². The number of halogens is 2. The molecule has 0 aliphatic rings. The highest BCUT2D eigenvalue weighted by Gasteiger charge is 2.11. The van der Waals surface area contributed by atoms with E-state index >= 15 is 0 Å². The lowest BCUT2D eigenvalue weighted by molar-refractivity contribution is -0.0498. The molecule has 0 unspecified atom stereocenters. The average molecular weight is 342 g/mol. The summed E-state index contributed by atoms with van der Waals surface area (Å²) in [4.78, 5) is 24.1. The molecule has 0 aliphatic heterocycles. The molecular weight excluding hydrogens is 330 g/mol. The molecule has 0 radical (unpaired) electrons. The minimum absolute atomic E-state index is 0.0219. The Hall–Kier alpha value is -3.28. The van der Waals surface area contributed by atoms with Crippen LogP contribution in [-0.4, -0.2) is 12.4 Å². The van der Waals surface area contributed by atoms with E-state index in [1.807, 2.05) is 0 Å². The van der Waals surface area contributed by atoms with Crippen LogP contribution in [0.1, 0.15) is 15.9 Å². The maximum atomic E-state index is 12.2. The molecule has 0 spiro atoms. The van der Waals surface area contributed by atoms with Crippen LogP contribution in [0.25, 0.3) is 17.0 Å². The van der Waals surface area contributed by atoms with Crippen molar-refractivity contribution in [1.82, 2.24) is 0 Å². The summed E-state index contributed by atoms with van der Waals surface area (Å²) in [7, 11) is 0. The van der Waals surface area contributed by atoms with Crippen LogP contribution in [-0.2, 0) is 0 Å². The van der Waals surface area contributed by atoms with Crippen molar-refractivity contribution in [2.45, 2.75) is 6.61 Å². The van der Waals surface area contributed by atoms with Crippen molar-refractivity contribution in [3.8, 4) is 5.75 Å². The van der Waals surface area contributed by atoms with E-state index in [1.54, 1.807) is 24.3 Å². The van der Waals surface area contributed by atoms with Crippen LogP contribution in [0, 0.1) is 0 Å². The Morgan fingerprint density at radius 1 is 1.08 bits per heavy atom. The second-order valence-corrected chi connectivity index (χ2v) is 5.13. The second-order valence-electron chi connectivity index (χ2n) is 5.13. The number of carbonyl (C=O) groups is 1. The molecule has 126 valence electrons. The first-order valence-corrected chi connectivity index (χ1v) is 7.33. The normalized spacial score (nSPS) is 11.3. The van der Waals surface area contributed by atoms with Crippen LogP contribution >= 0.6 is 0 Å². The zero-order valence-electron chi connectivity index (χ0n) is 12.8. The number of ether oxygens (including phenoxy) is 1. The van der Waals surface area contributed by atoms with Crippen LogP contribution in [0.3, 0.4) is 0 Å². The molecule has 2 aromatic carbocycles. The fourth-order valence-corrected chi connectivity index (χ4v) is 2.26. The molecule has 0 atom stereocenters. The van der Waals surface area contributed by atoms with Crippen molar-refractivity contribution in [2.75, 3.05) is 0 Å². The highest BCUT2D eigenvalue weighted by Crippen LogP contribution is 2.16. The van der Waals surface area contributed by atoms with Crippen LogP contribution in [0.15, 0.2) is 69.9 Å². The number of carbonyl (C=O) groups excluding carboxylic acids is 1. The molecule has 0 saturated carbocycles. The molecule has 0 N–H and O–H groups in total. The summed E-state index contributed by atoms with van der Waals surface area (Å²) in [6.07, 6.45) is 2.70. The van der Waals surface area contributed by atoms with Crippen molar-refractivity contribution in [3.63, 3.8) is 0 Å². The van der Waals surface area contributed by atoms with Crippen molar-refractivity contribution >= 4 is 22.8 Å². The smallest absolute Gasteiger partial charge is 0.387 e. The van der Waals surface area contributed by atoms with Crippen LogP contribution in [0.4, 0.5) is 8.78 Å². The Morgan fingerprint density at radius 2 is 1.80 bits per heavy atom. The van der Waals surface area contributed by atoms with Gasteiger partial charge in [0.15, 0.2) is 5.78 Å². The third kappa shape index (κ3) is 3.98. The standard InChI is InChI=1S/C19H12F2O4/c20-19(21)24-14-8-5-12(6-9-14)7-10-16(22)15-11-13-3-1-2-4-17(13)25-18(15)23/h1-11,19H/b10-7+. The van der Waals surface area contributed by atoms with Gasteiger partial charge in [0.25, 0.3) is 0 Å². The Labute approximate surface area is 141 Å². The molecule has 4 nitrogen and oxygen atoms in total. The number of alkyl halides is 2. The number of para-hydroxylation sites is 1. The van der Waals surface area contributed by atoms with E-state index in [9.17, 15) is 18.4 Å². The molecule has 0 saturated heterocycles. The van der Waals surface area contributed by atoms with E-state index in [2.05, 4.69) is 4.74 Å². The number of allylic oxidation sites excluding steroid dienone is 1. The topological polar surface area (TPSA) is 56.5 Å².